The van der Waals surface area contributed by atoms with E-state index in [4.69, 9.17) is 12.2 Å². The summed E-state index contributed by atoms with van der Waals surface area (Å²) in [6.45, 7) is 11.4. The van der Waals surface area contributed by atoms with Gasteiger partial charge < -0.3 is 0 Å². The summed E-state index contributed by atoms with van der Waals surface area (Å²) in [4.78, 5) is 1.09. The van der Waals surface area contributed by atoms with Crippen molar-refractivity contribution in [3.05, 3.63) is 35.9 Å². The Balaban J connectivity index is 2.74. The molecule has 0 N–H and O–H groups in total. The third-order valence-electron chi connectivity index (χ3n) is 3.15. The molecule has 0 radical (unpaired) electrons. The first-order chi connectivity index (χ1) is 7.72. The zero-order chi connectivity index (χ0) is 13.1. The molecule has 1 aromatic rings. The van der Waals surface area contributed by atoms with E-state index in [1.807, 2.05) is 6.07 Å². The Morgan fingerprint density at radius 3 is 1.94 bits per heavy atom. The molecular weight excluding hydrogens is 224 g/mol. The van der Waals surface area contributed by atoms with E-state index in [0.29, 0.717) is 5.41 Å². The maximum absolute atomic E-state index is 5.64. The van der Waals surface area contributed by atoms with Crippen molar-refractivity contribution in [2.45, 2.75) is 47.5 Å². The highest BCUT2D eigenvalue weighted by atomic mass is 32.1. The average Bonchev–Trinajstić information content (AvgIpc) is 2.26. The molecule has 1 rings (SSSR count). The molecule has 0 aromatic heterocycles. The summed E-state index contributed by atoms with van der Waals surface area (Å²) in [6.07, 6.45) is 2.34. The molecule has 0 aliphatic heterocycles. The number of rotatable bonds is 4. The predicted octanol–water partition coefficient (Wildman–Crippen LogP) is 5.26. The van der Waals surface area contributed by atoms with E-state index < -0.39 is 0 Å². The molecule has 0 heterocycles. The van der Waals surface area contributed by atoms with Crippen molar-refractivity contribution in [3.8, 4) is 0 Å². The van der Waals surface area contributed by atoms with Gasteiger partial charge in [-0.05, 0) is 23.8 Å². The van der Waals surface area contributed by atoms with E-state index in [-0.39, 0.29) is 5.41 Å². The van der Waals surface area contributed by atoms with Gasteiger partial charge in [-0.2, -0.15) is 0 Å². The van der Waals surface area contributed by atoms with Gasteiger partial charge in [-0.3, -0.25) is 0 Å². The van der Waals surface area contributed by atoms with Gasteiger partial charge in [-0.25, -0.2) is 0 Å². The Bertz CT molecular complexity index is 368. The van der Waals surface area contributed by atoms with Crippen molar-refractivity contribution in [2.24, 2.45) is 10.8 Å². The van der Waals surface area contributed by atoms with E-state index >= 15 is 0 Å². The van der Waals surface area contributed by atoms with Crippen LogP contribution in [0.2, 0.25) is 0 Å². The second-order valence-electron chi connectivity index (χ2n) is 6.64. The molecule has 94 valence electrons. The summed E-state index contributed by atoms with van der Waals surface area (Å²) >= 11 is 5.64. The predicted molar refractivity (Wildman–Crippen MR) is 80.6 cm³/mol. The Kier molecular flexibility index (Phi) is 4.48. The van der Waals surface area contributed by atoms with Crippen LogP contribution in [0.3, 0.4) is 0 Å². The van der Waals surface area contributed by atoms with Gasteiger partial charge in [0.1, 0.15) is 0 Å². The van der Waals surface area contributed by atoms with E-state index in [9.17, 15) is 0 Å². The number of benzene rings is 1. The van der Waals surface area contributed by atoms with Crippen LogP contribution in [0.1, 0.15) is 53.0 Å². The zero-order valence-corrected chi connectivity index (χ0v) is 12.5. The third kappa shape index (κ3) is 4.59. The van der Waals surface area contributed by atoms with E-state index in [0.717, 1.165) is 11.3 Å². The zero-order valence-electron chi connectivity index (χ0n) is 11.7. The van der Waals surface area contributed by atoms with E-state index in [1.165, 1.54) is 12.0 Å². The highest BCUT2D eigenvalue weighted by Crippen LogP contribution is 2.33. The van der Waals surface area contributed by atoms with Gasteiger partial charge in [0.25, 0.3) is 0 Å². The lowest BCUT2D eigenvalue weighted by atomic mass is 9.76. The van der Waals surface area contributed by atoms with Crippen LogP contribution in [0.4, 0.5) is 0 Å². The van der Waals surface area contributed by atoms with Crippen LogP contribution in [0.25, 0.3) is 0 Å². The van der Waals surface area contributed by atoms with Crippen molar-refractivity contribution in [2.75, 3.05) is 0 Å². The summed E-state index contributed by atoms with van der Waals surface area (Å²) in [5.74, 6) is 0. The Hall–Kier alpha value is -0.690. The molecule has 1 heteroatoms. The summed E-state index contributed by atoms with van der Waals surface area (Å²) in [6, 6.07) is 10.4. The van der Waals surface area contributed by atoms with Gasteiger partial charge in [-0.1, -0.05) is 77.2 Å². The minimum atomic E-state index is 0.101. The maximum Gasteiger partial charge on any atom is 0.0280 e. The molecule has 0 nitrogen and oxygen atoms in total. The minimum absolute atomic E-state index is 0.101. The molecule has 0 saturated heterocycles. The molecule has 0 bridgehead atoms. The fourth-order valence-electron chi connectivity index (χ4n) is 1.78. The largest absolute Gasteiger partial charge is 0.0837 e. The SMILES string of the molecule is CC(C)(C)CCC(C)(C)C(=S)c1ccccc1. The molecule has 0 aliphatic rings. The highest BCUT2D eigenvalue weighted by Gasteiger charge is 2.26. The molecule has 0 aliphatic carbocycles. The Morgan fingerprint density at radius 1 is 0.941 bits per heavy atom. The van der Waals surface area contributed by atoms with Crippen LogP contribution in [0.5, 0.6) is 0 Å². The quantitative estimate of drug-likeness (QED) is 0.517. The fourth-order valence-corrected chi connectivity index (χ4v) is 2.02. The lowest BCUT2D eigenvalue weighted by molar-refractivity contribution is 0.313. The smallest absolute Gasteiger partial charge is 0.0280 e. The average molecular weight is 248 g/mol. The second kappa shape index (κ2) is 5.30. The van der Waals surface area contributed by atoms with Gasteiger partial charge in [0.05, 0.1) is 0 Å². The normalized spacial score (nSPS) is 12.5. The summed E-state index contributed by atoms with van der Waals surface area (Å²) in [7, 11) is 0. The summed E-state index contributed by atoms with van der Waals surface area (Å²) in [5, 5.41) is 0. The first kappa shape index (κ1) is 14.4. The lowest BCUT2D eigenvalue weighted by Gasteiger charge is -2.30. The van der Waals surface area contributed by atoms with Gasteiger partial charge in [0.15, 0.2) is 0 Å². The van der Waals surface area contributed by atoms with Crippen molar-refractivity contribution in [1.82, 2.24) is 0 Å². The van der Waals surface area contributed by atoms with Gasteiger partial charge in [0.2, 0.25) is 0 Å². The first-order valence-corrected chi connectivity index (χ1v) is 6.73. The topological polar surface area (TPSA) is 0 Å². The lowest BCUT2D eigenvalue weighted by Crippen LogP contribution is -2.25. The van der Waals surface area contributed by atoms with Crippen LogP contribution >= 0.6 is 12.2 Å². The van der Waals surface area contributed by atoms with Gasteiger partial charge >= 0.3 is 0 Å². The molecule has 0 saturated carbocycles. The maximum atomic E-state index is 5.64. The van der Waals surface area contributed by atoms with Crippen molar-refractivity contribution in [3.63, 3.8) is 0 Å². The first-order valence-electron chi connectivity index (χ1n) is 6.32. The van der Waals surface area contributed by atoms with Crippen molar-refractivity contribution in [1.29, 1.82) is 0 Å². The molecule has 0 amide bonds. The standard InChI is InChI=1S/C16H24S/c1-15(2,3)11-12-16(4,5)14(17)13-9-7-6-8-10-13/h6-10H,11-12H2,1-5H3. The number of hydrogen-bond donors (Lipinski definition) is 0. The Morgan fingerprint density at radius 2 is 1.47 bits per heavy atom. The summed E-state index contributed by atoms with van der Waals surface area (Å²) < 4.78 is 0. The monoisotopic (exact) mass is 248 g/mol. The van der Waals surface area contributed by atoms with Crippen molar-refractivity contribution >= 4 is 17.1 Å². The molecule has 1 aromatic carbocycles. The molecule has 17 heavy (non-hydrogen) atoms. The van der Waals surface area contributed by atoms with Crippen LogP contribution in [-0.4, -0.2) is 4.86 Å². The highest BCUT2D eigenvalue weighted by molar-refractivity contribution is 7.81. The van der Waals surface area contributed by atoms with Crippen LogP contribution in [0, 0.1) is 10.8 Å². The van der Waals surface area contributed by atoms with Crippen molar-refractivity contribution < 1.29 is 0 Å². The minimum Gasteiger partial charge on any atom is -0.0837 e. The van der Waals surface area contributed by atoms with E-state index in [2.05, 4.69) is 58.9 Å². The van der Waals surface area contributed by atoms with Crippen LogP contribution in [-0.2, 0) is 0 Å². The van der Waals surface area contributed by atoms with Crippen LogP contribution in [0.15, 0.2) is 30.3 Å². The number of thiocarbonyl (C=S) groups is 1. The number of hydrogen-bond acceptors (Lipinski definition) is 1. The van der Waals surface area contributed by atoms with Crippen LogP contribution < -0.4 is 0 Å². The second-order valence-corrected chi connectivity index (χ2v) is 7.05. The summed E-state index contributed by atoms with van der Waals surface area (Å²) in [5.41, 5.74) is 1.68. The molecule has 0 fully saturated rings. The third-order valence-corrected chi connectivity index (χ3v) is 3.94. The van der Waals surface area contributed by atoms with Gasteiger partial charge in [-0.15, -0.1) is 0 Å². The Labute approximate surface area is 111 Å². The fraction of sp³-hybridized carbons (Fsp3) is 0.562. The molecule has 0 spiro atoms. The van der Waals surface area contributed by atoms with E-state index in [1.54, 1.807) is 0 Å². The molecule has 0 unspecified atom stereocenters. The molecular formula is C16H24S. The molecule has 0 atom stereocenters. The van der Waals surface area contributed by atoms with Gasteiger partial charge in [0, 0.05) is 10.3 Å².